The lowest BCUT2D eigenvalue weighted by atomic mass is 10.1. The molecule has 2 aromatic rings. The number of rotatable bonds is 5. The van der Waals surface area contributed by atoms with Crippen molar-refractivity contribution in [2.45, 2.75) is 20.0 Å². The van der Waals surface area contributed by atoms with Gasteiger partial charge in [-0.1, -0.05) is 11.2 Å². The van der Waals surface area contributed by atoms with Gasteiger partial charge in [0.05, 0.1) is 0 Å². The first-order chi connectivity index (χ1) is 10.1. The predicted molar refractivity (Wildman–Crippen MR) is 78.4 cm³/mol. The molecule has 0 atom stereocenters. The summed E-state index contributed by atoms with van der Waals surface area (Å²) in [6.07, 6.45) is 1.80. The molecule has 0 radical (unpaired) electrons. The molecule has 0 saturated carbocycles. The number of amidine groups is 1. The number of hydrogen-bond donors (Lipinski definition) is 3. The second-order valence-electron chi connectivity index (χ2n) is 4.74. The van der Waals surface area contributed by atoms with Gasteiger partial charge in [-0.2, -0.15) is 0 Å². The third-order valence-electron chi connectivity index (χ3n) is 2.99. The van der Waals surface area contributed by atoms with Crippen LogP contribution in [0.25, 0.3) is 0 Å². The minimum Gasteiger partial charge on any atom is -0.409 e. The third-order valence-corrected chi connectivity index (χ3v) is 2.99. The van der Waals surface area contributed by atoms with Crippen molar-refractivity contribution in [3.8, 4) is 0 Å². The van der Waals surface area contributed by atoms with Crippen LogP contribution in [0.3, 0.4) is 0 Å². The minimum absolute atomic E-state index is 0.113. The van der Waals surface area contributed by atoms with Crippen molar-refractivity contribution in [3.05, 3.63) is 64.7 Å². The van der Waals surface area contributed by atoms with Gasteiger partial charge in [-0.3, -0.25) is 4.98 Å². The molecule has 1 aromatic carbocycles. The van der Waals surface area contributed by atoms with E-state index in [1.807, 2.05) is 19.1 Å². The molecule has 0 aliphatic rings. The smallest absolute Gasteiger partial charge is 0.170 e. The van der Waals surface area contributed by atoms with Crippen LogP contribution in [-0.2, 0) is 13.1 Å². The molecule has 5 nitrogen and oxygen atoms in total. The van der Waals surface area contributed by atoms with E-state index in [-0.39, 0.29) is 5.84 Å². The van der Waals surface area contributed by atoms with Crippen LogP contribution in [0, 0.1) is 12.7 Å². The summed E-state index contributed by atoms with van der Waals surface area (Å²) in [6, 6.07) is 8.24. The van der Waals surface area contributed by atoms with Crippen LogP contribution in [0.5, 0.6) is 0 Å². The number of benzene rings is 1. The highest BCUT2D eigenvalue weighted by atomic mass is 19.1. The van der Waals surface area contributed by atoms with Crippen molar-refractivity contribution in [1.29, 1.82) is 0 Å². The van der Waals surface area contributed by atoms with Crippen molar-refractivity contribution in [2.75, 3.05) is 0 Å². The number of halogens is 1. The number of nitrogens with two attached hydrogens (primary N) is 1. The monoisotopic (exact) mass is 288 g/mol. The van der Waals surface area contributed by atoms with Crippen LogP contribution in [0.1, 0.15) is 22.4 Å². The van der Waals surface area contributed by atoms with Gasteiger partial charge in [0, 0.05) is 30.5 Å². The van der Waals surface area contributed by atoms with Crippen molar-refractivity contribution in [1.82, 2.24) is 10.3 Å². The number of aromatic nitrogens is 1. The van der Waals surface area contributed by atoms with Gasteiger partial charge in [-0.05, 0) is 42.3 Å². The zero-order valence-corrected chi connectivity index (χ0v) is 11.7. The number of pyridine rings is 1. The maximum absolute atomic E-state index is 13.5. The first-order valence-electron chi connectivity index (χ1n) is 6.48. The van der Waals surface area contributed by atoms with Crippen LogP contribution >= 0.6 is 0 Å². The highest BCUT2D eigenvalue weighted by Crippen LogP contribution is 2.09. The Morgan fingerprint density at radius 2 is 2.05 bits per heavy atom. The van der Waals surface area contributed by atoms with Crippen LogP contribution in [0.15, 0.2) is 41.7 Å². The van der Waals surface area contributed by atoms with E-state index >= 15 is 0 Å². The lowest BCUT2D eigenvalue weighted by molar-refractivity contribution is 0.318. The summed E-state index contributed by atoms with van der Waals surface area (Å²) < 4.78 is 13.5. The van der Waals surface area contributed by atoms with E-state index in [2.05, 4.69) is 15.5 Å². The summed E-state index contributed by atoms with van der Waals surface area (Å²) >= 11 is 0. The number of aryl methyl sites for hydroxylation is 1. The summed E-state index contributed by atoms with van der Waals surface area (Å²) in [6.45, 7) is 3.03. The quantitative estimate of drug-likeness (QED) is 0.340. The summed E-state index contributed by atoms with van der Waals surface area (Å²) in [5, 5.41) is 14.7. The highest BCUT2D eigenvalue weighted by Gasteiger charge is 2.05. The maximum atomic E-state index is 13.5. The van der Waals surface area contributed by atoms with Gasteiger partial charge in [-0.15, -0.1) is 0 Å². The Morgan fingerprint density at radius 3 is 2.71 bits per heavy atom. The standard InChI is InChI=1S/C15H17FN4O/c1-10-2-3-11(9-19-10)7-18-8-12-4-13(15(17)20-21)6-14(16)5-12/h2-6,9,18,21H,7-8H2,1H3,(H2,17,20). The average molecular weight is 288 g/mol. The van der Waals surface area contributed by atoms with Gasteiger partial charge < -0.3 is 16.3 Å². The van der Waals surface area contributed by atoms with Crippen molar-refractivity contribution >= 4 is 5.84 Å². The number of nitrogens with zero attached hydrogens (tertiary/aromatic N) is 2. The van der Waals surface area contributed by atoms with Crippen LogP contribution < -0.4 is 11.1 Å². The normalized spacial score (nSPS) is 11.6. The molecule has 0 spiro atoms. The maximum Gasteiger partial charge on any atom is 0.170 e. The van der Waals surface area contributed by atoms with E-state index in [1.54, 1.807) is 12.3 Å². The van der Waals surface area contributed by atoms with Crippen molar-refractivity contribution in [2.24, 2.45) is 10.9 Å². The topological polar surface area (TPSA) is 83.5 Å². The Bertz CT molecular complexity index is 641. The molecule has 0 saturated heterocycles. The average Bonchev–Trinajstić information content (AvgIpc) is 2.48. The largest absolute Gasteiger partial charge is 0.409 e. The molecule has 0 aliphatic carbocycles. The molecule has 0 aliphatic heterocycles. The Balaban J connectivity index is 2.00. The number of oxime groups is 1. The fourth-order valence-corrected chi connectivity index (χ4v) is 1.91. The van der Waals surface area contributed by atoms with Crippen LogP contribution in [0.2, 0.25) is 0 Å². The Labute approximate surface area is 122 Å². The van der Waals surface area contributed by atoms with Crippen LogP contribution in [-0.4, -0.2) is 16.0 Å². The van der Waals surface area contributed by atoms with E-state index in [0.717, 1.165) is 16.8 Å². The summed E-state index contributed by atoms with van der Waals surface area (Å²) in [5.74, 6) is -0.536. The van der Waals surface area contributed by atoms with Crippen molar-refractivity contribution in [3.63, 3.8) is 0 Å². The number of hydrogen-bond acceptors (Lipinski definition) is 4. The molecule has 4 N–H and O–H groups in total. The molecule has 2 rings (SSSR count). The molecule has 110 valence electrons. The zero-order valence-electron chi connectivity index (χ0n) is 11.7. The molecule has 1 aromatic heterocycles. The molecule has 0 amide bonds. The van der Waals surface area contributed by atoms with E-state index in [4.69, 9.17) is 10.9 Å². The van der Waals surface area contributed by atoms with E-state index in [9.17, 15) is 4.39 Å². The minimum atomic E-state index is -0.423. The van der Waals surface area contributed by atoms with Gasteiger partial charge >= 0.3 is 0 Å². The SMILES string of the molecule is Cc1ccc(CNCc2cc(F)cc(/C(N)=N/O)c2)cn1. The van der Waals surface area contributed by atoms with E-state index < -0.39 is 5.82 Å². The Morgan fingerprint density at radius 1 is 1.29 bits per heavy atom. The number of nitrogens with one attached hydrogen (secondary N) is 1. The lowest BCUT2D eigenvalue weighted by Gasteiger charge is -2.07. The van der Waals surface area contributed by atoms with Crippen LogP contribution in [0.4, 0.5) is 4.39 Å². The second kappa shape index (κ2) is 6.81. The van der Waals surface area contributed by atoms with Gasteiger partial charge in [0.15, 0.2) is 5.84 Å². The van der Waals surface area contributed by atoms with E-state index in [1.165, 1.54) is 12.1 Å². The fraction of sp³-hybridized carbons (Fsp3) is 0.200. The first kappa shape index (κ1) is 14.9. The zero-order chi connectivity index (χ0) is 15.2. The molecule has 0 bridgehead atoms. The molecule has 0 fully saturated rings. The summed E-state index contributed by atoms with van der Waals surface area (Å²) in [5.41, 5.74) is 8.56. The highest BCUT2D eigenvalue weighted by molar-refractivity contribution is 5.97. The summed E-state index contributed by atoms with van der Waals surface area (Å²) in [7, 11) is 0. The van der Waals surface area contributed by atoms with Gasteiger partial charge in [0.2, 0.25) is 0 Å². The first-order valence-corrected chi connectivity index (χ1v) is 6.48. The van der Waals surface area contributed by atoms with E-state index in [0.29, 0.717) is 18.7 Å². The fourth-order valence-electron chi connectivity index (χ4n) is 1.91. The summed E-state index contributed by atoms with van der Waals surface area (Å²) in [4.78, 5) is 4.21. The third kappa shape index (κ3) is 4.25. The Kier molecular flexibility index (Phi) is 4.84. The molecule has 0 unspecified atom stereocenters. The van der Waals surface area contributed by atoms with Gasteiger partial charge in [0.25, 0.3) is 0 Å². The molecular weight excluding hydrogens is 271 g/mol. The lowest BCUT2D eigenvalue weighted by Crippen LogP contribution is -2.16. The Hall–Kier alpha value is -2.47. The predicted octanol–water partition coefficient (Wildman–Crippen LogP) is 1.91. The van der Waals surface area contributed by atoms with Gasteiger partial charge in [0.1, 0.15) is 5.82 Å². The van der Waals surface area contributed by atoms with Gasteiger partial charge in [-0.25, -0.2) is 4.39 Å². The molecular formula is C15H17FN4O. The molecule has 21 heavy (non-hydrogen) atoms. The second-order valence-corrected chi connectivity index (χ2v) is 4.74. The molecule has 1 heterocycles. The van der Waals surface area contributed by atoms with Crippen molar-refractivity contribution < 1.29 is 9.60 Å². The molecule has 6 heteroatoms.